The summed E-state index contributed by atoms with van der Waals surface area (Å²) in [5, 5.41) is -0.329. The second-order valence-electron chi connectivity index (χ2n) is 1.96. The van der Waals surface area contributed by atoms with Crippen molar-refractivity contribution in [2.75, 3.05) is 0 Å². The van der Waals surface area contributed by atoms with Crippen molar-refractivity contribution in [3.05, 3.63) is 20.5 Å². The number of hydrogen-bond acceptors (Lipinski definition) is 3. The van der Waals surface area contributed by atoms with Crippen LogP contribution >= 0.6 is 27.3 Å². The Morgan fingerprint density at radius 3 is 2.92 bits per heavy atom. The van der Waals surface area contributed by atoms with Crippen LogP contribution in [-0.2, 0) is 11.3 Å². The number of halogens is 2. The average molecular weight is 254 g/mol. The summed E-state index contributed by atoms with van der Waals surface area (Å²) in [6.07, 6.45) is -0.867. The predicted molar refractivity (Wildman–Crippen MR) is 46.3 cm³/mol. The summed E-state index contributed by atoms with van der Waals surface area (Å²) in [5.41, 5.74) is 5.31. The van der Waals surface area contributed by atoms with Crippen LogP contribution in [0.15, 0.2) is 9.85 Å². The fraction of sp³-hybridized carbons (Fsp3) is 0.167. The first-order chi connectivity index (χ1) is 5.59. The highest BCUT2D eigenvalue weighted by atomic mass is 79.9. The van der Waals surface area contributed by atoms with Crippen LogP contribution < -0.4 is 5.73 Å². The third-order valence-electron chi connectivity index (χ3n) is 1.10. The molecule has 0 atom stereocenters. The lowest BCUT2D eigenvalue weighted by molar-refractivity contribution is 0.150. The highest BCUT2D eigenvalue weighted by Crippen LogP contribution is 2.27. The molecule has 0 saturated carbocycles. The van der Waals surface area contributed by atoms with Gasteiger partial charge < -0.3 is 10.5 Å². The monoisotopic (exact) mass is 253 g/mol. The van der Waals surface area contributed by atoms with Crippen molar-refractivity contribution in [3.8, 4) is 0 Å². The van der Waals surface area contributed by atoms with Gasteiger partial charge in [-0.3, -0.25) is 0 Å². The fourth-order valence-electron chi connectivity index (χ4n) is 0.622. The summed E-state index contributed by atoms with van der Waals surface area (Å²) in [6.45, 7) is -0.00363. The first-order valence-electron chi connectivity index (χ1n) is 2.95. The summed E-state index contributed by atoms with van der Waals surface area (Å²) >= 11 is 4.05. The van der Waals surface area contributed by atoms with Crippen molar-refractivity contribution in [1.29, 1.82) is 0 Å². The molecule has 0 spiro atoms. The van der Waals surface area contributed by atoms with E-state index >= 15 is 0 Å². The second kappa shape index (κ2) is 3.86. The van der Waals surface area contributed by atoms with Gasteiger partial charge in [0.25, 0.3) is 0 Å². The maximum absolute atomic E-state index is 12.5. The molecule has 0 bridgehead atoms. The molecule has 1 aromatic rings. The number of rotatable bonds is 2. The van der Waals surface area contributed by atoms with Crippen LogP contribution in [0.5, 0.6) is 0 Å². The van der Waals surface area contributed by atoms with E-state index < -0.39 is 6.09 Å². The Bertz CT molecular complexity index is 302. The van der Waals surface area contributed by atoms with Crippen molar-refractivity contribution in [1.82, 2.24) is 0 Å². The molecule has 1 rings (SSSR count). The largest absolute Gasteiger partial charge is 0.445 e. The van der Waals surface area contributed by atoms with E-state index in [1.807, 2.05) is 0 Å². The van der Waals surface area contributed by atoms with Crippen molar-refractivity contribution in [3.63, 3.8) is 0 Å². The Kier molecular flexibility index (Phi) is 3.05. The predicted octanol–water partition coefficient (Wildman–Crippen LogP) is 2.25. The van der Waals surface area contributed by atoms with Gasteiger partial charge >= 0.3 is 6.09 Å². The summed E-state index contributed by atoms with van der Waals surface area (Å²) < 4.78 is 17.6. The van der Waals surface area contributed by atoms with E-state index in [2.05, 4.69) is 20.7 Å². The molecule has 12 heavy (non-hydrogen) atoms. The summed E-state index contributed by atoms with van der Waals surface area (Å²) in [7, 11) is 0. The quantitative estimate of drug-likeness (QED) is 0.879. The van der Waals surface area contributed by atoms with Crippen LogP contribution in [-0.4, -0.2) is 6.09 Å². The van der Waals surface area contributed by atoms with Gasteiger partial charge in [-0.1, -0.05) is 11.3 Å². The standard InChI is InChI=1S/C6H5BrFNO2S/c7-5-3(1-4(8)12-5)2-11-6(9)10/h1H,2H2,(H2,9,10). The minimum absolute atomic E-state index is 0.00363. The molecular formula is C6H5BrFNO2S. The lowest BCUT2D eigenvalue weighted by Crippen LogP contribution is -2.12. The van der Waals surface area contributed by atoms with E-state index in [1.54, 1.807) is 0 Å². The van der Waals surface area contributed by atoms with Gasteiger partial charge in [-0.05, 0) is 22.0 Å². The van der Waals surface area contributed by atoms with E-state index in [0.29, 0.717) is 9.35 Å². The molecule has 6 heteroatoms. The summed E-state index contributed by atoms with van der Waals surface area (Å²) in [6, 6.07) is 1.29. The van der Waals surface area contributed by atoms with Crippen molar-refractivity contribution >= 4 is 33.4 Å². The van der Waals surface area contributed by atoms with Crippen LogP contribution in [0.25, 0.3) is 0 Å². The maximum atomic E-state index is 12.5. The van der Waals surface area contributed by atoms with Gasteiger partial charge in [0.15, 0.2) is 5.13 Å². The Hall–Kier alpha value is -0.620. The Morgan fingerprint density at radius 2 is 2.50 bits per heavy atom. The molecule has 0 unspecified atom stereocenters. The molecule has 1 aromatic heterocycles. The van der Waals surface area contributed by atoms with Crippen LogP contribution in [0.1, 0.15) is 5.56 Å². The number of primary amides is 1. The Morgan fingerprint density at radius 1 is 1.83 bits per heavy atom. The van der Waals surface area contributed by atoms with Crippen LogP contribution in [0.2, 0.25) is 0 Å². The molecule has 1 heterocycles. The summed E-state index contributed by atoms with van der Waals surface area (Å²) in [5.74, 6) is 0. The SMILES string of the molecule is NC(=O)OCc1cc(F)sc1Br. The number of carbonyl (C=O) groups is 1. The van der Waals surface area contributed by atoms with E-state index in [9.17, 15) is 9.18 Å². The second-order valence-corrected chi connectivity index (χ2v) is 4.28. The number of nitrogens with two attached hydrogens (primary N) is 1. The van der Waals surface area contributed by atoms with Gasteiger partial charge in [-0.15, -0.1) is 0 Å². The highest BCUT2D eigenvalue weighted by Gasteiger charge is 2.07. The van der Waals surface area contributed by atoms with E-state index in [4.69, 9.17) is 5.73 Å². The number of ether oxygens (including phenoxy) is 1. The molecule has 0 saturated heterocycles. The molecule has 0 fully saturated rings. The normalized spacial score (nSPS) is 9.83. The van der Waals surface area contributed by atoms with Gasteiger partial charge in [0.2, 0.25) is 0 Å². The van der Waals surface area contributed by atoms with Crippen molar-refractivity contribution in [2.24, 2.45) is 5.73 Å². The zero-order valence-electron chi connectivity index (χ0n) is 5.84. The Labute approximate surface area is 80.4 Å². The zero-order valence-corrected chi connectivity index (χ0v) is 8.24. The molecular weight excluding hydrogens is 249 g/mol. The zero-order chi connectivity index (χ0) is 9.14. The highest BCUT2D eigenvalue weighted by molar-refractivity contribution is 9.11. The Balaban J connectivity index is 2.62. The fourth-order valence-corrected chi connectivity index (χ4v) is 1.94. The third-order valence-corrected chi connectivity index (χ3v) is 2.85. The third kappa shape index (κ3) is 2.46. The lowest BCUT2D eigenvalue weighted by atomic mass is 10.4. The van der Waals surface area contributed by atoms with Gasteiger partial charge in [0, 0.05) is 5.56 Å². The van der Waals surface area contributed by atoms with Gasteiger partial charge in [0.1, 0.15) is 6.61 Å². The van der Waals surface area contributed by atoms with Gasteiger partial charge in [-0.2, -0.15) is 4.39 Å². The lowest BCUT2D eigenvalue weighted by Gasteiger charge is -1.97. The minimum Gasteiger partial charge on any atom is -0.445 e. The van der Waals surface area contributed by atoms with Gasteiger partial charge in [0.05, 0.1) is 3.79 Å². The van der Waals surface area contributed by atoms with Crippen LogP contribution in [0.4, 0.5) is 9.18 Å². The number of amides is 1. The van der Waals surface area contributed by atoms with E-state index in [-0.39, 0.29) is 11.7 Å². The van der Waals surface area contributed by atoms with Gasteiger partial charge in [-0.25, -0.2) is 4.79 Å². The molecule has 0 aliphatic rings. The van der Waals surface area contributed by atoms with Crippen molar-refractivity contribution < 1.29 is 13.9 Å². The molecule has 3 nitrogen and oxygen atoms in total. The first kappa shape index (κ1) is 9.47. The molecule has 0 aliphatic carbocycles. The molecule has 0 radical (unpaired) electrons. The number of hydrogen-bond donors (Lipinski definition) is 1. The maximum Gasteiger partial charge on any atom is 0.404 e. The smallest absolute Gasteiger partial charge is 0.404 e. The summed E-state index contributed by atoms with van der Waals surface area (Å²) in [4.78, 5) is 10.2. The molecule has 0 aliphatic heterocycles. The molecule has 0 aromatic carbocycles. The minimum atomic E-state index is -0.867. The van der Waals surface area contributed by atoms with E-state index in [0.717, 1.165) is 11.3 Å². The average Bonchev–Trinajstić information content (AvgIpc) is 2.26. The topological polar surface area (TPSA) is 52.3 Å². The number of carbonyl (C=O) groups excluding carboxylic acids is 1. The van der Waals surface area contributed by atoms with Crippen molar-refractivity contribution in [2.45, 2.75) is 6.61 Å². The van der Waals surface area contributed by atoms with Crippen LogP contribution in [0, 0.1) is 5.13 Å². The molecule has 1 amide bonds. The molecule has 66 valence electrons. The molecule has 2 N–H and O–H groups in total. The first-order valence-corrected chi connectivity index (χ1v) is 4.56. The van der Waals surface area contributed by atoms with Crippen LogP contribution in [0.3, 0.4) is 0 Å². The number of thiophene rings is 1. The van der Waals surface area contributed by atoms with E-state index in [1.165, 1.54) is 6.07 Å².